The summed E-state index contributed by atoms with van der Waals surface area (Å²) in [6.07, 6.45) is 0.874. The molecule has 1 aromatic carbocycles. The standard InChI is InChI=1S/C12H15F2NO/c1-3-8(2)15-7-12(16)10-6-9(13)4-5-11(10)14/h4-6,8,15H,3,7H2,1-2H3. The van der Waals surface area contributed by atoms with Crippen LogP contribution < -0.4 is 5.32 Å². The summed E-state index contributed by atoms with van der Waals surface area (Å²) in [6, 6.07) is 3.07. The summed E-state index contributed by atoms with van der Waals surface area (Å²) in [5.41, 5.74) is -0.198. The summed E-state index contributed by atoms with van der Waals surface area (Å²) >= 11 is 0. The van der Waals surface area contributed by atoms with Crippen molar-refractivity contribution in [3.63, 3.8) is 0 Å². The minimum absolute atomic E-state index is 0.0232. The molecule has 4 heteroatoms. The Labute approximate surface area is 93.7 Å². The Morgan fingerprint density at radius 3 is 2.75 bits per heavy atom. The Bertz CT molecular complexity index is 379. The Morgan fingerprint density at radius 2 is 2.12 bits per heavy atom. The minimum Gasteiger partial charge on any atom is -0.307 e. The van der Waals surface area contributed by atoms with E-state index in [9.17, 15) is 13.6 Å². The molecule has 88 valence electrons. The molecule has 0 aliphatic rings. The third-order valence-electron chi connectivity index (χ3n) is 2.45. The molecule has 0 amide bonds. The fraction of sp³-hybridized carbons (Fsp3) is 0.417. The molecule has 1 rings (SSSR count). The van der Waals surface area contributed by atoms with Gasteiger partial charge in [0.25, 0.3) is 0 Å². The first-order valence-electron chi connectivity index (χ1n) is 5.26. The molecule has 0 saturated carbocycles. The van der Waals surface area contributed by atoms with Gasteiger partial charge in [0, 0.05) is 6.04 Å². The quantitative estimate of drug-likeness (QED) is 0.783. The molecule has 1 N–H and O–H groups in total. The summed E-state index contributed by atoms with van der Waals surface area (Å²) in [7, 11) is 0. The lowest BCUT2D eigenvalue weighted by atomic mass is 10.1. The van der Waals surface area contributed by atoms with E-state index in [-0.39, 0.29) is 18.2 Å². The first kappa shape index (κ1) is 12.8. The van der Waals surface area contributed by atoms with E-state index in [0.717, 1.165) is 24.6 Å². The van der Waals surface area contributed by atoms with Crippen LogP contribution >= 0.6 is 0 Å². The zero-order valence-electron chi connectivity index (χ0n) is 9.39. The van der Waals surface area contributed by atoms with Gasteiger partial charge >= 0.3 is 0 Å². The van der Waals surface area contributed by atoms with Gasteiger partial charge in [-0.15, -0.1) is 0 Å². The lowest BCUT2D eigenvalue weighted by molar-refractivity contribution is 0.0983. The summed E-state index contributed by atoms with van der Waals surface area (Å²) in [5.74, 6) is -1.72. The van der Waals surface area contributed by atoms with Gasteiger partial charge < -0.3 is 5.32 Å². The van der Waals surface area contributed by atoms with Crippen molar-refractivity contribution >= 4 is 5.78 Å². The van der Waals surface area contributed by atoms with Gasteiger partial charge in [-0.3, -0.25) is 4.79 Å². The summed E-state index contributed by atoms with van der Waals surface area (Å²) < 4.78 is 26.0. The maximum Gasteiger partial charge on any atom is 0.179 e. The molecule has 0 saturated heterocycles. The van der Waals surface area contributed by atoms with Gasteiger partial charge in [0.2, 0.25) is 0 Å². The highest BCUT2D eigenvalue weighted by molar-refractivity contribution is 5.97. The third kappa shape index (κ3) is 3.38. The number of ketones is 1. The normalized spacial score (nSPS) is 12.5. The van der Waals surface area contributed by atoms with Crippen molar-refractivity contribution < 1.29 is 13.6 Å². The second-order valence-electron chi connectivity index (χ2n) is 3.74. The highest BCUT2D eigenvalue weighted by atomic mass is 19.1. The lowest BCUT2D eigenvalue weighted by Gasteiger charge is -2.10. The van der Waals surface area contributed by atoms with E-state index in [2.05, 4.69) is 5.32 Å². The number of carbonyl (C=O) groups excluding carboxylic acids is 1. The van der Waals surface area contributed by atoms with Crippen LogP contribution in [-0.4, -0.2) is 18.4 Å². The van der Waals surface area contributed by atoms with Crippen molar-refractivity contribution in [3.8, 4) is 0 Å². The van der Waals surface area contributed by atoms with E-state index in [1.807, 2.05) is 13.8 Å². The highest BCUT2D eigenvalue weighted by Crippen LogP contribution is 2.10. The molecule has 16 heavy (non-hydrogen) atoms. The van der Waals surface area contributed by atoms with E-state index < -0.39 is 17.4 Å². The first-order valence-corrected chi connectivity index (χ1v) is 5.26. The Morgan fingerprint density at radius 1 is 1.44 bits per heavy atom. The van der Waals surface area contributed by atoms with Gasteiger partial charge in [0.15, 0.2) is 5.78 Å². The largest absolute Gasteiger partial charge is 0.307 e. The smallest absolute Gasteiger partial charge is 0.179 e. The van der Waals surface area contributed by atoms with Gasteiger partial charge in [-0.2, -0.15) is 0 Å². The summed E-state index contributed by atoms with van der Waals surface area (Å²) in [5, 5.41) is 2.94. The predicted molar refractivity (Wildman–Crippen MR) is 58.4 cm³/mol. The molecule has 0 heterocycles. The fourth-order valence-electron chi connectivity index (χ4n) is 1.22. The van der Waals surface area contributed by atoms with Crippen LogP contribution in [0.4, 0.5) is 8.78 Å². The van der Waals surface area contributed by atoms with Crippen LogP contribution in [0.3, 0.4) is 0 Å². The van der Waals surface area contributed by atoms with Crippen molar-refractivity contribution in [2.24, 2.45) is 0 Å². The number of benzene rings is 1. The van der Waals surface area contributed by atoms with E-state index in [1.54, 1.807) is 0 Å². The molecule has 0 bridgehead atoms. The fourth-order valence-corrected chi connectivity index (χ4v) is 1.22. The van der Waals surface area contributed by atoms with Crippen molar-refractivity contribution in [3.05, 3.63) is 35.4 Å². The van der Waals surface area contributed by atoms with Crippen LogP contribution in [-0.2, 0) is 0 Å². The van der Waals surface area contributed by atoms with Gasteiger partial charge in [-0.25, -0.2) is 8.78 Å². The van der Waals surface area contributed by atoms with E-state index >= 15 is 0 Å². The van der Waals surface area contributed by atoms with E-state index in [1.165, 1.54) is 0 Å². The van der Waals surface area contributed by atoms with Gasteiger partial charge in [0.1, 0.15) is 11.6 Å². The number of rotatable bonds is 5. The lowest BCUT2D eigenvalue weighted by Crippen LogP contribution is -2.31. The Kier molecular flexibility index (Phi) is 4.55. The average molecular weight is 227 g/mol. The van der Waals surface area contributed by atoms with Crippen molar-refractivity contribution in [1.29, 1.82) is 0 Å². The summed E-state index contributed by atoms with van der Waals surface area (Å²) in [4.78, 5) is 11.6. The molecule has 2 nitrogen and oxygen atoms in total. The zero-order chi connectivity index (χ0) is 12.1. The highest BCUT2D eigenvalue weighted by Gasteiger charge is 2.13. The van der Waals surface area contributed by atoms with Crippen molar-refractivity contribution in [2.45, 2.75) is 26.3 Å². The Hall–Kier alpha value is -1.29. The van der Waals surface area contributed by atoms with Crippen molar-refractivity contribution in [2.75, 3.05) is 6.54 Å². The number of halogens is 2. The molecule has 1 unspecified atom stereocenters. The maximum atomic E-state index is 13.2. The molecule has 0 aliphatic heterocycles. The SMILES string of the molecule is CCC(C)NCC(=O)c1cc(F)ccc1F. The van der Waals surface area contributed by atoms with Crippen LogP contribution in [0.1, 0.15) is 30.6 Å². The van der Waals surface area contributed by atoms with Crippen LogP contribution in [0.15, 0.2) is 18.2 Å². The van der Waals surface area contributed by atoms with Crippen molar-refractivity contribution in [1.82, 2.24) is 5.32 Å². The molecule has 0 aromatic heterocycles. The molecular formula is C12H15F2NO. The first-order chi connectivity index (χ1) is 7.54. The van der Waals surface area contributed by atoms with Crippen LogP contribution in [0.2, 0.25) is 0 Å². The molecule has 0 radical (unpaired) electrons. The van der Waals surface area contributed by atoms with Gasteiger partial charge in [-0.05, 0) is 31.5 Å². The third-order valence-corrected chi connectivity index (χ3v) is 2.45. The molecule has 0 fully saturated rings. The molecule has 1 atom stereocenters. The second kappa shape index (κ2) is 5.70. The topological polar surface area (TPSA) is 29.1 Å². The van der Waals surface area contributed by atoms with E-state index in [0.29, 0.717) is 0 Å². The van der Waals surface area contributed by atoms with Gasteiger partial charge in [0.05, 0.1) is 12.1 Å². The Balaban J connectivity index is 2.69. The van der Waals surface area contributed by atoms with Crippen LogP contribution in [0.5, 0.6) is 0 Å². The van der Waals surface area contributed by atoms with Gasteiger partial charge in [-0.1, -0.05) is 6.92 Å². The second-order valence-corrected chi connectivity index (χ2v) is 3.74. The zero-order valence-corrected chi connectivity index (χ0v) is 9.39. The number of Topliss-reactive ketones (excluding diaryl/α,β-unsaturated/α-hetero) is 1. The van der Waals surface area contributed by atoms with Crippen LogP contribution in [0, 0.1) is 11.6 Å². The monoisotopic (exact) mass is 227 g/mol. The minimum atomic E-state index is -0.683. The molecular weight excluding hydrogens is 212 g/mol. The number of hydrogen-bond donors (Lipinski definition) is 1. The predicted octanol–water partition coefficient (Wildman–Crippen LogP) is 2.54. The van der Waals surface area contributed by atoms with E-state index in [4.69, 9.17) is 0 Å². The molecule has 0 aliphatic carbocycles. The number of nitrogens with one attached hydrogen (secondary N) is 1. The average Bonchev–Trinajstić information content (AvgIpc) is 2.28. The summed E-state index contributed by atoms with van der Waals surface area (Å²) in [6.45, 7) is 3.93. The number of hydrogen-bond acceptors (Lipinski definition) is 2. The maximum absolute atomic E-state index is 13.2. The molecule has 0 spiro atoms. The van der Waals surface area contributed by atoms with Crippen LogP contribution in [0.25, 0.3) is 0 Å². The number of carbonyl (C=O) groups is 1. The molecule has 1 aromatic rings.